The second-order valence-electron chi connectivity index (χ2n) is 4.10. The molecule has 0 radical (unpaired) electrons. The number of carbonyl (C=O) groups is 1. The molecule has 1 heterocycles. The van der Waals surface area contributed by atoms with E-state index in [-0.39, 0.29) is 17.1 Å². The van der Waals surface area contributed by atoms with E-state index in [1.807, 2.05) is 24.3 Å². The predicted molar refractivity (Wildman–Crippen MR) is 79.3 cm³/mol. The molecule has 1 aromatic heterocycles. The summed E-state index contributed by atoms with van der Waals surface area (Å²) in [5, 5.41) is 22.6. The third kappa shape index (κ3) is 3.54. The number of carboxylic acid groups (broad SMARTS) is 1. The molecule has 0 unspecified atom stereocenters. The van der Waals surface area contributed by atoms with Gasteiger partial charge in [-0.1, -0.05) is 34.1 Å². The van der Waals surface area contributed by atoms with Crippen molar-refractivity contribution >= 4 is 33.4 Å². The van der Waals surface area contributed by atoms with Gasteiger partial charge < -0.3 is 10.4 Å². The number of aromatic carboxylic acids is 1. The number of hydrogen-bond donors (Lipinski definition) is 2. The van der Waals surface area contributed by atoms with E-state index in [4.69, 9.17) is 5.11 Å². The molecule has 0 aliphatic carbocycles. The lowest BCUT2D eigenvalue weighted by Crippen LogP contribution is -2.09. The van der Waals surface area contributed by atoms with Crippen LogP contribution in [0.2, 0.25) is 0 Å². The van der Waals surface area contributed by atoms with Crippen LogP contribution >= 0.6 is 15.9 Å². The largest absolute Gasteiger partial charge is 0.478 e. The summed E-state index contributed by atoms with van der Waals surface area (Å²) in [6.45, 7) is 0.340. The number of pyridine rings is 1. The van der Waals surface area contributed by atoms with Crippen molar-refractivity contribution in [2.24, 2.45) is 0 Å². The van der Waals surface area contributed by atoms with Crippen molar-refractivity contribution in [1.29, 1.82) is 0 Å². The molecule has 0 bridgehead atoms. The number of nitrogens with zero attached hydrogens (tertiary/aromatic N) is 2. The average Bonchev–Trinajstić information content (AvgIpc) is 2.46. The lowest BCUT2D eigenvalue weighted by atomic mass is 10.2. The van der Waals surface area contributed by atoms with Crippen LogP contribution in [0, 0.1) is 10.1 Å². The van der Waals surface area contributed by atoms with E-state index in [0.717, 1.165) is 22.3 Å². The molecule has 108 valence electrons. The van der Waals surface area contributed by atoms with Crippen molar-refractivity contribution in [3.63, 3.8) is 0 Å². The van der Waals surface area contributed by atoms with E-state index in [1.165, 1.54) is 0 Å². The minimum atomic E-state index is -1.28. The molecule has 0 aliphatic rings. The van der Waals surface area contributed by atoms with E-state index < -0.39 is 10.9 Å². The Labute approximate surface area is 127 Å². The van der Waals surface area contributed by atoms with Gasteiger partial charge in [-0.05, 0) is 11.6 Å². The fourth-order valence-electron chi connectivity index (χ4n) is 1.68. The molecular formula is C13H10BrN3O4. The zero-order valence-electron chi connectivity index (χ0n) is 10.6. The summed E-state index contributed by atoms with van der Waals surface area (Å²) in [5.41, 5.74) is 0.309. The Balaban J connectivity index is 2.26. The lowest BCUT2D eigenvalue weighted by molar-refractivity contribution is -0.385. The van der Waals surface area contributed by atoms with Gasteiger partial charge in [0.15, 0.2) is 0 Å². The van der Waals surface area contributed by atoms with Crippen molar-refractivity contribution in [3.8, 4) is 0 Å². The van der Waals surface area contributed by atoms with Crippen molar-refractivity contribution in [2.75, 3.05) is 5.32 Å². The van der Waals surface area contributed by atoms with Crippen LogP contribution in [0.1, 0.15) is 15.9 Å². The van der Waals surface area contributed by atoms with Gasteiger partial charge in [0.1, 0.15) is 17.6 Å². The summed E-state index contributed by atoms with van der Waals surface area (Å²) in [5.74, 6) is -1.19. The standard InChI is InChI=1S/C13H10BrN3O4/c14-11-4-2-1-3-8(11)6-15-12-10(13(18)19)5-9(7-16-12)17(20)21/h1-5,7H,6H2,(H,15,16)(H,18,19). The third-order valence-corrected chi connectivity index (χ3v) is 3.49. The summed E-state index contributed by atoms with van der Waals surface area (Å²) in [7, 11) is 0. The maximum absolute atomic E-state index is 11.2. The number of nitrogens with one attached hydrogen (secondary N) is 1. The SMILES string of the molecule is O=C(O)c1cc([N+](=O)[O-])cnc1NCc1ccccc1Br. The first-order valence-electron chi connectivity index (χ1n) is 5.84. The molecular weight excluding hydrogens is 342 g/mol. The highest BCUT2D eigenvalue weighted by molar-refractivity contribution is 9.10. The summed E-state index contributed by atoms with van der Waals surface area (Å²) < 4.78 is 0.872. The van der Waals surface area contributed by atoms with Crippen molar-refractivity contribution in [3.05, 3.63) is 62.2 Å². The van der Waals surface area contributed by atoms with Crippen molar-refractivity contribution in [2.45, 2.75) is 6.54 Å². The molecule has 0 atom stereocenters. The van der Waals surface area contributed by atoms with Crippen LogP contribution < -0.4 is 5.32 Å². The van der Waals surface area contributed by atoms with Gasteiger partial charge in [-0.2, -0.15) is 0 Å². The van der Waals surface area contributed by atoms with Gasteiger partial charge in [-0.15, -0.1) is 0 Å². The van der Waals surface area contributed by atoms with Crippen LogP contribution in [0.3, 0.4) is 0 Å². The first-order chi connectivity index (χ1) is 9.99. The van der Waals surface area contributed by atoms with Gasteiger partial charge >= 0.3 is 5.97 Å². The van der Waals surface area contributed by atoms with Crippen molar-refractivity contribution in [1.82, 2.24) is 4.98 Å². The highest BCUT2D eigenvalue weighted by Gasteiger charge is 2.17. The Morgan fingerprint density at radius 1 is 1.43 bits per heavy atom. The lowest BCUT2D eigenvalue weighted by Gasteiger charge is -2.09. The third-order valence-electron chi connectivity index (χ3n) is 2.72. The molecule has 8 heteroatoms. The summed E-state index contributed by atoms with van der Waals surface area (Å²) in [4.78, 5) is 25.0. The molecule has 0 amide bonds. The topological polar surface area (TPSA) is 105 Å². The Hall–Kier alpha value is -2.48. The van der Waals surface area contributed by atoms with Crippen LogP contribution in [0.4, 0.5) is 11.5 Å². The smallest absolute Gasteiger partial charge is 0.339 e. The number of carboxylic acids is 1. The van der Waals surface area contributed by atoms with Gasteiger partial charge in [0.05, 0.1) is 4.92 Å². The summed E-state index contributed by atoms with van der Waals surface area (Å²) in [6.07, 6.45) is 1.02. The van der Waals surface area contributed by atoms with E-state index in [9.17, 15) is 14.9 Å². The van der Waals surface area contributed by atoms with Gasteiger partial charge in [0.25, 0.3) is 5.69 Å². The van der Waals surface area contributed by atoms with Crippen LogP contribution in [-0.2, 0) is 6.54 Å². The maximum Gasteiger partial charge on any atom is 0.339 e. The van der Waals surface area contributed by atoms with E-state index in [0.29, 0.717) is 6.54 Å². The molecule has 0 spiro atoms. The molecule has 0 aliphatic heterocycles. The highest BCUT2D eigenvalue weighted by Crippen LogP contribution is 2.21. The molecule has 1 aromatic carbocycles. The Kier molecular flexibility index (Phi) is 4.49. The maximum atomic E-state index is 11.2. The Morgan fingerprint density at radius 3 is 2.76 bits per heavy atom. The van der Waals surface area contributed by atoms with Crippen LogP contribution in [-0.4, -0.2) is 21.0 Å². The number of hydrogen-bond acceptors (Lipinski definition) is 5. The van der Waals surface area contributed by atoms with E-state index in [2.05, 4.69) is 26.2 Å². The minimum Gasteiger partial charge on any atom is -0.478 e. The average molecular weight is 352 g/mol. The number of nitro groups is 1. The second-order valence-corrected chi connectivity index (χ2v) is 4.95. The minimum absolute atomic E-state index is 0.0869. The highest BCUT2D eigenvalue weighted by atomic mass is 79.9. The fraction of sp³-hybridized carbons (Fsp3) is 0.0769. The van der Waals surface area contributed by atoms with Crippen LogP contribution in [0.25, 0.3) is 0 Å². The predicted octanol–water partition coefficient (Wildman–Crippen LogP) is 3.06. The fourth-order valence-corrected chi connectivity index (χ4v) is 2.10. The summed E-state index contributed by atoms with van der Waals surface area (Å²) in [6, 6.07) is 8.42. The first kappa shape index (κ1) is 14.9. The van der Waals surface area contributed by atoms with Gasteiger partial charge in [0.2, 0.25) is 0 Å². The summed E-state index contributed by atoms with van der Waals surface area (Å²) >= 11 is 3.38. The van der Waals surface area contributed by atoms with Gasteiger partial charge in [-0.3, -0.25) is 10.1 Å². The second kappa shape index (κ2) is 6.31. The number of rotatable bonds is 5. The molecule has 2 rings (SSSR count). The monoisotopic (exact) mass is 351 g/mol. The molecule has 7 nitrogen and oxygen atoms in total. The van der Waals surface area contributed by atoms with Gasteiger partial charge in [-0.25, -0.2) is 9.78 Å². The zero-order chi connectivity index (χ0) is 15.4. The van der Waals surface area contributed by atoms with E-state index in [1.54, 1.807) is 0 Å². The first-order valence-corrected chi connectivity index (χ1v) is 6.63. The zero-order valence-corrected chi connectivity index (χ0v) is 12.2. The van der Waals surface area contributed by atoms with Crippen LogP contribution in [0.15, 0.2) is 41.0 Å². The number of anilines is 1. The van der Waals surface area contributed by atoms with E-state index >= 15 is 0 Å². The molecule has 21 heavy (non-hydrogen) atoms. The Morgan fingerprint density at radius 2 is 2.14 bits per heavy atom. The molecule has 0 fully saturated rings. The molecule has 2 N–H and O–H groups in total. The molecule has 2 aromatic rings. The molecule has 0 saturated heterocycles. The number of aromatic nitrogens is 1. The quantitative estimate of drug-likeness (QED) is 0.633. The number of benzene rings is 1. The number of halogens is 1. The van der Waals surface area contributed by atoms with Gasteiger partial charge in [0, 0.05) is 17.1 Å². The molecule has 0 saturated carbocycles. The van der Waals surface area contributed by atoms with Crippen LogP contribution in [0.5, 0.6) is 0 Å². The normalized spacial score (nSPS) is 10.1. The Bertz CT molecular complexity index is 706. The van der Waals surface area contributed by atoms with Crippen molar-refractivity contribution < 1.29 is 14.8 Å².